The molecule has 1 fully saturated rings. The highest BCUT2D eigenvalue weighted by Gasteiger charge is 2.37. The number of benzene rings is 1. The molecule has 0 bridgehead atoms. The lowest BCUT2D eigenvalue weighted by Gasteiger charge is -2.38. The number of nitrogens with one attached hydrogen (secondary N) is 2. The second kappa shape index (κ2) is 10.5. The van der Waals surface area contributed by atoms with E-state index < -0.39 is 17.5 Å². The molecule has 0 saturated carbocycles. The molecule has 0 aliphatic carbocycles. The Bertz CT molecular complexity index is 985. The maximum absolute atomic E-state index is 13.3. The Morgan fingerprint density at radius 1 is 1.22 bits per heavy atom. The number of anilines is 1. The molecule has 1 saturated heterocycles. The molecule has 7 nitrogen and oxygen atoms in total. The molecule has 3 rings (SSSR count). The number of rotatable bonds is 5. The van der Waals surface area contributed by atoms with Gasteiger partial charge in [-0.15, -0.1) is 11.3 Å². The average Bonchev–Trinajstić information content (AvgIpc) is 3.20. The zero-order valence-corrected chi connectivity index (χ0v) is 20.7. The Labute approximate surface area is 198 Å². The quantitative estimate of drug-likeness (QED) is 0.676. The van der Waals surface area contributed by atoms with Crippen molar-refractivity contribution in [2.24, 2.45) is 16.3 Å². The molecule has 2 N–H and O–H groups in total. The van der Waals surface area contributed by atoms with Crippen molar-refractivity contribution in [3.63, 3.8) is 0 Å². The highest BCUT2D eigenvalue weighted by atomic mass is 35.5. The van der Waals surface area contributed by atoms with Gasteiger partial charge in [0.05, 0.1) is 0 Å². The smallest absolute Gasteiger partial charge is 0.319 e. The predicted molar refractivity (Wildman–Crippen MR) is 130 cm³/mol. The fraction of sp³-hybridized carbons (Fsp3) is 0.522. The van der Waals surface area contributed by atoms with Crippen molar-refractivity contribution in [1.29, 1.82) is 0 Å². The van der Waals surface area contributed by atoms with Crippen LogP contribution in [0.3, 0.4) is 0 Å². The molecular formula is C23H32ClN5O2S. The summed E-state index contributed by atoms with van der Waals surface area (Å²) in [5.41, 5.74) is 0.201. The van der Waals surface area contributed by atoms with E-state index in [2.05, 4.69) is 31.8 Å². The summed E-state index contributed by atoms with van der Waals surface area (Å²) < 4.78 is 2.19. The maximum Gasteiger partial charge on any atom is 0.319 e. The van der Waals surface area contributed by atoms with E-state index in [1.165, 1.54) is 0 Å². The molecule has 1 aliphatic rings. The maximum atomic E-state index is 13.3. The minimum Gasteiger partial charge on any atom is -0.341 e. The monoisotopic (exact) mass is 477 g/mol. The van der Waals surface area contributed by atoms with E-state index in [1.807, 2.05) is 32.7 Å². The van der Waals surface area contributed by atoms with Gasteiger partial charge in [-0.3, -0.25) is 9.79 Å². The number of carbonyl (C=O) groups is 2. The first kappa shape index (κ1) is 24.3. The van der Waals surface area contributed by atoms with Gasteiger partial charge in [-0.1, -0.05) is 32.4 Å². The third-order valence-corrected chi connectivity index (χ3v) is 6.86. The highest BCUT2D eigenvalue weighted by molar-refractivity contribution is 7.07. The lowest BCUT2D eigenvalue weighted by Crippen LogP contribution is -2.56. The number of urea groups is 1. The van der Waals surface area contributed by atoms with E-state index in [9.17, 15) is 9.59 Å². The third kappa shape index (κ3) is 6.36. The molecule has 2 heterocycles. The topological polar surface area (TPSA) is 78.7 Å². The number of aromatic nitrogens is 1. The van der Waals surface area contributed by atoms with Crippen LogP contribution in [0.1, 0.15) is 33.6 Å². The van der Waals surface area contributed by atoms with Gasteiger partial charge in [0.2, 0.25) is 5.91 Å². The Morgan fingerprint density at radius 2 is 1.88 bits per heavy atom. The SMILES string of the molecule is CN=c1sccn1CC1CCN(C(=O)[C@H](NC(=O)Nc2ccc(Cl)cc2)C(C)(C)C)CC1. The summed E-state index contributed by atoms with van der Waals surface area (Å²) >= 11 is 7.54. The Hall–Kier alpha value is -2.32. The van der Waals surface area contributed by atoms with Crippen LogP contribution in [0.4, 0.5) is 10.5 Å². The number of thiazole rings is 1. The van der Waals surface area contributed by atoms with Gasteiger partial charge in [-0.25, -0.2) is 4.79 Å². The van der Waals surface area contributed by atoms with Crippen molar-refractivity contribution in [2.45, 2.75) is 46.2 Å². The molecule has 2 aromatic rings. The third-order valence-electron chi connectivity index (χ3n) is 5.72. The van der Waals surface area contributed by atoms with Crippen LogP contribution in [0.15, 0.2) is 40.8 Å². The second-order valence-electron chi connectivity index (χ2n) is 9.23. The van der Waals surface area contributed by atoms with E-state index >= 15 is 0 Å². The molecule has 0 radical (unpaired) electrons. The van der Waals surface area contributed by atoms with Gasteiger partial charge in [-0.05, 0) is 48.4 Å². The second-order valence-corrected chi connectivity index (χ2v) is 10.5. The first-order valence-corrected chi connectivity index (χ1v) is 12.1. The number of nitrogens with zero attached hydrogens (tertiary/aromatic N) is 3. The van der Waals surface area contributed by atoms with Crippen molar-refractivity contribution in [3.8, 4) is 0 Å². The number of halogens is 1. The zero-order chi connectivity index (χ0) is 23.3. The average molecular weight is 478 g/mol. The van der Waals surface area contributed by atoms with Crippen LogP contribution in [-0.4, -0.2) is 47.6 Å². The van der Waals surface area contributed by atoms with Crippen molar-refractivity contribution >= 4 is 40.6 Å². The van der Waals surface area contributed by atoms with E-state index in [0.717, 1.165) is 24.2 Å². The Balaban J connectivity index is 1.59. The zero-order valence-electron chi connectivity index (χ0n) is 19.1. The molecule has 1 atom stereocenters. The van der Waals surface area contributed by atoms with Crippen molar-refractivity contribution in [1.82, 2.24) is 14.8 Å². The molecule has 1 aromatic heterocycles. The van der Waals surface area contributed by atoms with E-state index in [0.29, 0.717) is 29.7 Å². The van der Waals surface area contributed by atoms with Gasteiger partial charge < -0.3 is 20.1 Å². The number of hydrogen-bond acceptors (Lipinski definition) is 4. The fourth-order valence-corrected chi connectivity index (χ4v) is 4.72. The number of carbonyl (C=O) groups excluding carboxylic acids is 2. The van der Waals surface area contributed by atoms with Crippen LogP contribution >= 0.6 is 22.9 Å². The molecule has 9 heteroatoms. The molecule has 0 spiro atoms. The first-order valence-electron chi connectivity index (χ1n) is 10.9. The number of likely N-dealkylation sites (tertiary alicyclic amines) is 1. The molecule has 32 heavy (non-hydrogen) atoms. The molecule has 3 amide bonds. The minimum atomic E-state index is -0.622. The normalized spacial score (nSPS) is 16.7. The molecule has 174 valence electrons. The van der Waals surface area contributed by atoms with Gasteiger partial charge in [0.1, 0.15) is 6.04 Å². The van der Waals surface area contributed by atoms with Crippen LogP contribution in [0.5, 0.6) is 0 Å². The van der Waals surface area contributed by atoms with Crippen LogP contribution in [-0.2, 0) is 11.3 Å². The van der Waals surface area contributed by atoms with Gasteiger partial charge in [0, 0.05) is 49.0 Å². The van der Waals surface area contributed by atoms with Gasteiger partial charge in [-0.2, -0.15) is 0 Å². The summed E-state index contributed by atoms with van der Waals surface area (Å²) in [5, 5.41) is 8.32. The van der Waals surface area contributed by atoms with Crippen molar-refractivity contribution < 1.29 is 9.59 Å². The van der Waals surface area contributed by atoms with Crippen LogP contribution < -0.4 is 15.4 Å². The Kier molecular flexibility index (Phi) is 8.00. The van der Waals surface area contributed by atoms with Crippen LogP contribution in [0.2, 0.25) is 5.02 Å². The van der Waals surface area contributed by atoms with Crippen molar-refractivity contribution in [2.75, 3.05) is 25.5 Å². The van der Waals surface area contributed by atoms with Gasteiger partial charge in [0.15, 0.2) is 4.80 Å². The highest BCUT2D eigenvalue weighted by Crippen LogP contribution is 2.25. The summed E-state index contributed by atoms with van der Waals surface area (Å²) in [4.78, 5) is 33.2. The minimum absolute atomic E-state index is 0.0327. The summed E-state index contributed by atoms with van der Waals surface area (Å²) in [6.45, 7) is 8.21. The largest absolute Gasteiger partial charge is 0.341 e. The summed E-state index contributed by atoms with van der Waals surface area (Å²) in [6, 6.07) is 5.84. The lowest BCUT2D eigenvalue weighted by atomic mass is 9.85. The lowest BCUT2D eigenvalue weighted by molar-refractivity contribution is -0.137. The number of piperidine rings is 1. The summed E-state index contributed by atoms with van der Waals surface area (Å²) in [7, 11) is 1.81. The first-order chi connectivity index (χ1) is 15.2. The number of hydrogen-bond donors (Lipinski definition) is 2. The fourth-order valence-electron chi connectivity index (χ4n) is 3.89. The number of amides is 3. The van der Waals surface area contributed by atoms with E-state index in [-0.39, 0.29) is 5.91 Å². The molecule has 1 aromatic carbocycles. The van der Waals surface area contributed by atoms with Crippen LogP contribution in [0, 0.1) is 11.3 Å². The van der Waals surface area contributed by atoms with Crippen molar-refractivity contribution in [3.05, 3.63) is 45.7 Å². The standard InChI is InChI=1S/C23H32ClN5O2S/c1-23(2,3)19(27-21(31)26-18-7-5-17(24)6-8-18)20(30)28-11-9-16(10-12-28)15-29-13-14-32-22(29)25-4/h5-8,13-14,16,19H,9-12,15H2,1-4H3,(H2,26,27,31)/t19-/m0/s1. The summed E-state index contributed by atoms with van der Waals surface area (Å²) in [5.74, 6) is 0.475. The van der Waals surface area contributed by atoms with E-state index in [1.54, 1.807) is 35.6 Å². The Morgan fingerprint density at radius 3 is 2.47 bits per heavy atom. The molecular weight excluding hydrogens is 446 g/mol. The molecule has 1 aliphatic heterocycles. The van der Waals surface area contributed by atoms with Crippen LogP contribution in [0.25, 0.3) is 0 Å². The van der Waals surface area contributed by atoms with Gasteiger partial charge >= 0.3 is 6.03 Å². The molecule has 0 unspecified atom stereocenters. The summed E-state index contributed by atoms with van der Waals surface area (Å²) in [6.07, 6.45) is 3.94. The van der Waals surface area contributed by atoms with E-state index in [4.69, 9.17) is 11.6 Å². The predicted octanol–water partition coefficient (Wildman–Crippen LogP) is 4.21. The van der Waals surface area contributed by atoms with Gasteiger partial charge in [0.25, 0.3) is 0 Å².